The Morgan fingerprint density at radius 2 is 1.91 bits per heavy atom. The van der Waals surface area contributed by atoms with Crippen molar-refractivity contribution >= 4 is 50.3 Å². The molecule has 0 spiro atoms. The predicted molar refractivity (Wildman–Crippen MR) is 136 cm³/mol. The van der Waals surface area contributed by atoms with E-state index < -0.39 is 6.10 Å². The van der Waals surface area contributed by atoms with E-state index in [0.29, 0.717) is 13.1 Å². The number of hydrazone groups is 1. The lowest BCUT2D eigenvalue weighted by Gasteiger charge is -2.29. The average Bonchev–Trinajstić information content (AvgIpc) is 3.54. The maximum absolute atomic E-state index is 13.1. The van der Waals surface area contributed by atoms with Gasteiger partial charge in [-0.15, -0.1) is 0 Å². The molecule has 1 fully saturated rings. The first-order chi connectivity index (χ1) is 16.0. The molecular weight excluding hydrogens is 500 g/mol. The van der Waals surface area contributed by atoms with Crippen molar-refractivity contribution in [1.82, 2.24) is 4.90 Å². The summed E-state index contributed by atoms with van der Waals surface area (Å²) in [6.45, 7) is 3.07. The first-order valence-electron chi connectivity index (χ1n) is 10.9. The Kier molecular flexibility index (Phi) is 6.23. The highest BCUT2D eigenvalue weighted by Crippen LogP contribution is 2.34. The molecular formula is C25H25BrN4O2S. The van der Waals surface area contributed by atoms with Crippen molar-refractivity contribution in [3.8, 4) is 0 Å². The standard InChI is InChI=1S/C25H25BrN4O2S/c1-16-24(31)29(12-10-17-2-6-20(27)7-3-17)25(32-16)22-14-30(21-8-4-19(26)5-9-21)28-23(22)18-11-13-33-15-18/h2-9,11,13,15-16,22,25H,10,12,14,27H2,1H3/t16-,22?,25+/m1/s1. The van der Waals surface area contributed by atoms with Gasteiger partial charge in [0, 0.05) is 22.3 Å². The Morgan fingerprint density at radius 1 is 1.15 bits per heavy atom. The number of anilines is 2. The van der Waals surface area contributed by atoms with E-state index in [9.17, 15) is 4.79 Å². The van der Waals surface area contributed by atoms with Gasteiger partial charge in [0.15, 0.2) is 0 Å². The van der Waals surface area contributed by atoms with Crippen LogP contribution in [0.5, 0.6) is 0 Å². The van der Waals surface area contributed by atoms with E-state index in [4.69, 9.17) is 15.6 Å². The molecule has 5 rings (SSSR count). The second kappa shape index (κ2) is 9.29. The van der Waals surface area contributed by atoms with Gasteiger partial charge in [0.25, 0.3) is 5.91 Å². The summed E-state index contributed by atoms with van der Waals surface area (Å²) in [5.41, 5.74) is 10.8. The topological polar surface area (TPSA) is 71.2 Å². The quantitative estimate of drug-likeness (QED) is 0.472. The molecule has 1 unspecified atom stereocenters. The van der Waals surface area contributed by atoms with Crippen molar-refractivity contribution in [2.45, 2.75) is 25.7 Å². The summed E-state index contributed by atoms with van der Waals surface area (Å²) in [4.78, 5) is 14.9. The molecule has 0 bridgehead atoms. The van der Waals surface area contributed by atoms with E-state index in [1.165, 1.54) is 0 Å². The molecule has 170 valence electrons. The average molecular weight is 525 g/mol. The van der Waals surface area contributed by atoms with E-state index in [0.717, 1.165) is 39.1 Å². The number of amides is 1. The van der Waals surface area contributed by atoms with Crippen LogP contribution in [0.2, 0.25) is 0 Å². The molecule has 3 heterocycles. The van der Waals surface area contributed by atoms with Crippen molar-refractivity contribution in [3.05, 3.63) is 81.0 Å². The molecule has 1 aromatic heterocycles. The first kappa shape index (κ1) is 22.1. The Bertz CT molecular complexity index is 1150. The fourth-order valence-electron chi connectivity index (χ4n) is 4.38. The normalized spacial score (nSPS) is 22.8. The first-order valence-corrected chi connectivity index (χ1v) is 12.7. The highest BCUT2D eigenvalue weighted by atomic mass is 79.9. The summed E-state index contributed by atoms with van der Waals surface area (Å²) < 4.78 is 7.28. The number of nitrogen functional groups attached to an aromatic ring is 1. The minimum absolute atomic E-state index is 0.0298. The van der Waals surface area contributed by atoms with Crippen molar-refractivity contribution in [2.24, 2.45) is 11.0 Å². The van der Waals surface area contributed by atoms with Crippen LogP contribution in [0, 0.1) is 5.92 Å². The number of carbonyl (C=O) groups is 1. The van der Waals surface area contributed by atoms with Gasteiger partial charge in [0.05, 0.1) is 23.9 Å². The van der Waals surface area contributed by atoms with Crippen LogP contribution in [-0.2, 0) is 16.0 Å². The van der Waals surface area contributed by atoms with Crippen LogP contribution < -0.4 is 10.7 Å². The molecule has 2 N–H and O–H groups in total. The Morgan fingerprint density at radius 3 is 2.61 bits per heavy atom. The number of halogens is 1. The molecule has 2 aliphatic heterocycles. The molecule has 0 radical (unpaired) electrons. The largest absolute Gasteiger partial charge is 0.399 e. The van der Waals surface area contributed by atoms with E-state index in [1.54, 1.807) is 11.3 Å². The molecule has 2 aromatic carbocycles. The highest BCUT2D eigenvalue weighted by molar-refractivity contribution is 9.10. The number of nitrogens with two attached hydrogens (primary N) is 1. The van der Waals surface area contributed by atoms with Crippen LogP contribution in [0.15, 0.2) is 74.9 Å². The van der Waals surface area contributed by atoms with Crippen LogP contribution in [-0.4, -0.2) is 41.9 Å². The maximum Gasteiger partial charge on any atom is 0.253 e. The summed E-state index contributed by atoms with van der Waals surface area (Å²) in [5.74, 6) is -0.0224. The predicted octanol–water partition coefficient (Wildman–Crippen LogP) is 4.75. The lowest BCUT2D eigenvalue weighted by molar-refractivity contribution is -0.130. The number of ether oxygens (including phenoxy) is 1. The van der Waals surface area contributed by atoms with Crippen molar-refractivity contribution in [3.63, 3.8) is 0 Å². The van der Waals surface area contributed by atoms with Gasteiger partial charge in [-0.3, -0.25) is 9.80 Å². The van der Waals surface area contributed by atoms with Gasteiger partial charge in [0.2, 0.25) is 0 Å². The molecule has 8 heteroatoms. The van der Waals surface area contributed by atoms with Crippen LogP contribution in [0.25, 0.3) is 0 Å². The monoisotopic (exact) mass is 524 g/mol. The van der Waals surface area contributed by atoms with Gasteiger partial charge in [-0.25, -0.2) is 0 Å². The van der Waals surface area contributed by atoms with Crippen LogP contribution in [0.3, 0.4) is 0 Å². The van der Waals surface area contributed by atoms with E-state index >= 15 is 0 Å². The van der Waals surface area contributed by atoms with Gasteiger partial charge in [0.1, 0.15) is 12.3 Å². The number of rotatable bonds is 6. The van der Waals surface area contributed by atoms with Crippen LogP contribution in [0.1, 0.15) is 18.1 Å². The lowest BCUT2D eigenvalue weighted by atomic mass is 9.96. The second-order valence-corrected chi connectivity index (χ2v) is 10.1. The van der Waals surface area contributed by atoms with Crippen LogP contribution >= 0.6 is 27.3 Å². The van der Waals surface area contributed by atoms with Gasteiger partial charge >= 0.3 is 0 Å². The number of thiophene rings is 1. The molecule has 1 amide bonds. The second-order valence-electron chi connectivity index (χ2n) is 8.35. The maximum atomic E-state index is 13.1. The minimum Gasteiger partial charge on any atom is -0.399 e. The summed E-state index contributed by atoms with van der Waals surface area (Å²) in [7, 11) is 0. The molecule has 6 nitrogen and oxygen atoms in total. The Balaban J connectivity index is 1.41. The Hall–Kier alpha value is -2.68. The number of hydrogen-bond donors (Lipinski definition) is 1. The summed E-state index contributed by atoms with van der Waals surface area (Å²) in [6, 6.07) is 18.0. The molecule has 0 saturated carbocycles. The molecule has 1 saturated heterocycles. The SMILES string of the molecule is C[C@H]1O[C@@H](C2CN(c3ccc(Br)cc3)N=C2c2ccsc2)N(CCc2ccc(N)cc2)C1=O. The minimum atomic E-state index is -0.466. The fraction of sp³-hybridized carbons (Fsp3) is 0.280. The van der Waals surface area contributed by atoms with Gasteiger partial charge in [-0.2, -0.15) is 16.4 Å². The lowest BCUT2D eigenvalue weighted by Crippen LogP contribution is -2.44. The zero-order valence-corrected chi connectivity index (χ0v) is 20.6. The third kappa shape index (κ3) is 4.55. The van der Waals surface area contributed by atoms with Crippen molar-refractivity contribution in [2.75, 3.05) is 23.8 Å². The molecule has 0 aliphatic carbocycles. The highest BCUT2D eigenvalue weighted by Gasteiger charge is 2.46. The number of benzene rings is 2. The third-order valence-corrected chi connectivity index (χ3v) is 7.35. The Labute approximate surface area is 205 Å². The van der Waals surface area contributed by atoms with Gasteiger partial charge in [-0.05, 0) is 72.1 Å². The number of carbonyl (C=O) groups excluding carboxylic acids is 1. The van der Waals surface area contributed by atoms with E-state index in [-0.39, 0.29) is 18.1 Å². The summed E-state index contributed by atoms with van der Waals surface area (Å²) >= 11 is 5.14. The van der Waals surface area contributed by atoms with Crippen LogP contribution in [0.4, 0.5) is 11.4 Å². The van der Waals surface area contributed by atoms with E-state index in [2.05, 4.69) is 32.8 Å². The summed E-state index contributed by atoms with van der Waals surface area (Å²) in [5, 5.41) is 11.2. The zero-order chi connectivity index (χ0) is 22.9. The molecule has 33 heavy (non-hydrogen) atoms. The number of hydrogen-bond acceptors (Lipinski definition) is 6. The van der Waals surface area contributed by atoms with E-state index in [1.807, 2.05) is 65.4 Å². The van der Waals surface area contributed by atoms with Crippen molar-refractivity contribution in [1.29, 1.82) is 0 Å². The summed E-state index contributed by atoms with van der Waals surface area (Å²) in [6.07, 6.45) is -0.0839. The third-order valence-electron chi connectivity index (χ3n) is 6.14. The molecule has 3 aromatic rings. The van der Waals surface area contributed by atoms with Gasteiger partial charge in [-0.1, -0.05) is 28.1 Å². The fourth-order valence-corrected chi connectivity index (χ4v) is 5.30. The molecule has 3 atom stereocenters. The van der Waals surface area contributed by atoms with Crippen molar-refractivity contribution < 1.29 is 9.53 Å². The smallest absolute Gasteiger partial charge is 0.253 e. The number of nitrogens with zero attached hydrogens (tertiary/aromatic N) is 3. The zero-order valence-electron chi connectivity index (χ0n) is 18.2. The van der Waals surface area contributed by atoms with Gasteiger partial charge < -0.3 is 15.4 Å². The molecule has 2 aliphatic rings.